The van der Waals surface area contributed by atoms with Crippen molar-refractivity contribution < 1.29 is 8.42 Å². The van der Waals surface area contributed by atoms with Crippen LogP contribution in [0.1, 0.15) is 6.92 Å². The molecule has 1 aromatic carbocycles. The van der Waals surface area contributed by atoms with E-state index in [4.69, 9.17) is 12.2 Å². The van der Waals surface area contributed by atoms with E-state index in [1.807, 2.05) is 4.90 Å². The lowest BCUT2D eigenvalue weighted by atomic mass is 10.3. The Bertz CT molecular complexity index is 731. The van der Waals surface area contributed by atoms with E-state index in [-0.39, 0.29) is 4.90 Å². The maximum Gasteiger partial charge on any atom is 0.242 e. The highest BCUT2D eigenvalue weighted by Gasteiger charge is 2.28. The van der Waals surface area contributed by atoms with Gasteiger partial charge in [0.1, 0.15) is 0 Å². The molecule has 0 unspecified atom stereocenters. The highest BCUT2D eigenvalue weighted by atomic mass is 32.2. The van der Waals surface area contributed by atoms with Crippen LogP contribution >= 0.6 is 24.0 Å². The van der Waals surface area contributed by atoms with E-state index >= 15 is 0 Å². The van der Waals surface area contributed by atoms with Crippen LogP contribution in [-0.2, 0) is 10.0 Å². The van der Waals surface area contributed by atoms with Gasteiger partial charge in [0.25, 0.3) is 0 Å². The van der Waals surface area contributed by atoms with Crippen molar-refractivity contribution in [2.24, 2.45) is 4.99 Å². The molecule has 1 heterocycles. The molecule has 1 N–H and O–H groups in total. The van der Waals surface area contributed by atoms with Crippen LogP contribution in [0.3, 0.4) is 0 Å². The Morgan fingerprint density at radius 1 is 1.48 bits per heavy atom. The van der Waals surface area contributed by atoms with Crippen molar-refractivity contribution in [2.45, 2.75) is 17.1 Å². The van der Waals surface area contributed by atoms with Gasteiger partial charge in [-0.1, -0.05) is 24.8 Å². The third kappa shape index (κ3) is 4.03. The summed E-state index contributed by atoms with van der Waals surface area (Å²) < 4.78 is 25.6. The van der Waals surface area contributed by atoms with Crippen LogP contribution < -0.4 is 5.32 Å². The number of nitrogens with zero attached hydrogens (tertiary/aromatic N) is 3. The van der Waals surface area contributed by atoms with Gasteiger partial charge in [0.2, 0.25) is 10.0 Å². The van der Waals surface area contributed by atoms with Gasteiger partial charge in [0.15, 0.2) is 10.3 Å². The minimum atomic E-state index is -3.47. The van der Waals surface area contributed by atoms with Gasteiger partial charge in [-0.05, 0) is 30.4 Å². The fourth-order valence-electron chi connectivity index (χ4n) is 2.04. The van der Waals surface area contributed by atoms with Gasteiger partial charge < -0.3 is 5.32 Å². The van der Waals surface area contributed by atoms with E-state index in [0.717, 1.165) is 11.7 Å². The molecule has 1 aromatic rings. The van der Waals surface area contributed by atoms with Gasteiger partial charge in [0, 0.05) is 32.9 Å². The van der Waals surface area contributed by atoms with Gasteiger partial charge in [-0.25, -0.2) is 17.7 Å². The lowest BCUT2D eigenvalue weighted by Gasteiger charge is -2.18. The number of thiocarbonyl (C=S) groups is 1. The molecule has 9 heteroatoms. The fraction of sp³-hybridized carbons (Fsp3) is 0.429. The Morgan fingerprint density at radius 3 is 2.78 bits per heavy atom. The van der Waals surface area contributed by atoms with E-state index < -0.39 is 10.0 Å². The van der Waals surface area contributed by atoms with Crippen molar-refractivity contribution in [3.63, 3.8) is 0 Å². The quantitative estimate of drug-likeness (QED) is 0.817. The SMILES string of the molecule is CNC(=S)N1C[C@H](C)SC1=Nc1cccc(S(=O)(=O)N(C)C)c1. The zero-order valence-electron chi connectivity index (χ0n) is 13.5. The first-order valence-electron chi connectivity index (χ1n) is 7.03. The zero-order valence-corrected chi connectivity index (χ0v) is 15.9. The minimum absolute atomic E-state index is 0.225. The maximum absolute atomic E-state index is 12.2. The molecular formula is C14H20N4O2S3. The van der Waals surface area contributed by atoms with Crippen molar-refractivity contribution in [1.82, 2.24) is 14.5 Å². The summed E-state index contributed by atoms with van der Waals surface area (Å²) >= 11 is 6.92. The molecule has 1 atom stereocenters. The van der Waals surface area contributed by atoms with Crippen LogP contribution in [0.15, 0.2) is 34.2 Å². The Hall–Kier alpha value is -1.16. The number of rotatable bonds is 3. The van der Waals surface area contributed by atoms with E-state index in [1.54, 1.807) is 43.1 Å². The van der Waals surface area contributed by atoms with E-state index in [9.17, 15) is 8.42 Å². The van der Waals surface area contributed by atoms with Crippen LogP contribution in [0.5, 0.6) is 0 Å². The van der Waals surface area contributed by atoms with Crippen LogP contribution in [0, 0.1) is 0 Å². The molecule has 0 saturated carbocycles. The molecule has 1 aliphatic heterocycles. The second-order valence-corrected chi connectivity index (χ2v) is 9.22. The molecule has 1 fully saturated rings. The number of amidine groups is 1. The van der Waals surface area contributed by atoms with E-state index in [1.165, 1.54) is 18.4 Å². The Labute approximate surface area is 147 Å². The first-order chi connectivity index (χ1) is 10.8. The Kier molecular flexibility index (Phi) is 5.66. The van der Waals surface area contributed by atoms with Gasteiger partial charge in [-0.3, -0.25) is 4.90 Å². The summed E-state index contributed by atoms with van der Waals surface area (Å²) in [6.45, 7) is 2.88. The summed E-state index contributed by atoms with van der Waals surface area (Å²) in [5.41, 5.74) is 0.591. The van der Waals surface area contributed by atoms with Crippen molar-refractivity contribution >= 4 is 50.0 Å². The first-order valence-corrected chi connectivity index (χ1v) is 9.75. The molecule has 1 aliphatic rings. The predicted molar refractivity (Wildman–Crippen MR) is 99.8 cm³/mol. The van der Waals surface area contributed by atoms with Crippen LogP contribution in [0.2, 0.25) is 0 Å². The number of benzene rings is 1. The summed E-state index contributed by atoms with van der Waals surface area (Å²) in [5.74, 6) is 0. The highest BCUT2D eigenvalue weighted by molar-refractivity contribution is 8.14. The summed E-state index contributed by atoms with van der Waals surface area (Å²) in [5, 5.41) is 4.71. The lowest BCUT2D eigenvalue weighted by Crippen LogP contribution is -2.38. The lowest BCUT2D eigenvalue weighted by molar-refractivity contribution is 0.521. The molecule has 0 spiro atoms. The van der Waals surface area contributed by atoms with Gasteiger partial charge >= 0.3 is 0 Å². The first kappa shape index (κ1) is 18.2. The Morgan fingerprint density at radius 2 is 2.17 bits per heavy atom. The molecule has 0 amide bonds. The molecular weight excluding hydrogens is 352 g/mol. The summed E-state index contributed by atoms with van der Waals surface area (Å²) in [7, 11) is 1.32. The average Bonchev–Trinajstić information content (AvgIpc) is 2.87. The maximum atomic E-state index is 12.2. The molecule has 23 heavy (non-hydrogen) atoms. The second-order valence-electron chi connectivity index (χ2n) is 5.27. The molecule has 6 nitrogen and oxygen atoms in total. The molecule has 0 aromatic heterocycles. The van der Waals surface area contributed by atoms with Crippen molar-refractivity contribution in [3.05, 3.63) is 24.3 Å². The number of sulfonamides is 1. The van der Waals surface area contributed by atoms with Crippen LogP contribution in [0.4, 0.5) is 5.69 Å². The van der Waals surface area contributed by atoms with Crippen LogP contribution in [-0.4, -0.2) is 60.8 Å². The average molecular weight is 373 g/mol. The van der Waals surface area contributed by atoms with Crippen molar-refractivity contribution in [2.75, 3.05) is 27.7 Å². The van der Waals surface area contributed by atoms with Crippen molar-refractivity contribution in [3.8, 4) is 0 Å². The zero-order chi connectivity index (χ0) is 17.2. The summed E-state index contributed by atoms with van der Waals surface area (Å²) in [6.07, 6.45) is 0. The highest BCUT2D eigenvalue weighted by Crippen LogP contribution is 2.29. The molecule has 1 saturated heterocycles. The van der Waals surface area contributed by atoms with Gasteiger partial charge in [-0.15, -0.1) is 0 Å². The fourth-order valence-corrected chi connectivity index (χ4v) is 4.24. The van der Waals surface area contributed by atoms with Gasteiger partial charge in [-0.2, -0.15) is 0 Å². The number of hydrogen-bond donors (Lipinski definition) is 1. The summed E-state index contributed by atoms with van der Waals surface area (Å²) in [4.78, 5) is 6.74. The largest absolute Gasteiger partial charge is 0.365 e. The third-order valence-corrected chi connectivity index (χ3v) is 6.57. The molecule has 0 bridgehead atoms. The normalized spacial score (nSPS) is 20.3. The summed E-state index contributed by atoms with van der Waals surface area (Å²) in [6, 6.07) is 6.62. The van der Waals surface area contributed by atoms with E-state index in [2.05, 4.69) is 17.2 Å². The second kappa shape index (κ2) is 7.16. The van der Waals surface area contributed by atoms with Crippen LogP contribution in [0.25, 0.3) is 0 Å². The van der Waals surface area contributed by atoms with E-state index in [0.29, 0.717) is 16.0 Å². The minimum Gasteiger partial charge on any atom is -0.365 e. The number of hydrogen-bond acceptors (Lipinski definition) is 5. The third-order valence-electron chi connectivity index (χ3n) is 3.26. The standard InChI is InChI=1S/C14H20N4O2S3/c1-10-9-18(13(21)15-2)14(22-10)16-11-6-5-7-12(8-11)23(19,20)17(3)4/h5-8,10H,9H2,1-4H3,(H,15,21)/t10-/m0/s1. The molecule has 0 aliphatic carbocycles. The monoisotopic (exact) mass is 372 g/mol. The number of aliphatic imine (C=N–C) groups is 1. The topological polar surface area (TPSA) is 65.0 Å². The smallest absolute Gasteiger partial charge is 0.242 e. The predicted octanol–water partition coefficient (Wildman–Crippen LogP) is 1.87. The van der Waals surface area contributed by atoms with Crippen molar-refractivity contribution in [1.29, 1.82) is 0 Å². The number of nitrogens with one attached hydrogen (secondary N) is 1. The molecule has 2 rings (SSSR count). The molecule has 0 radical (unpaired) electrons. The van der Waals surface area contributed by atoms with Gasteiger partial charge in [0.05, 0.1) is 10.6 Å². The number of thioether (sulfide) groups is 1. The molecule has 126 valence electrons. The Balaban J connectivity index is 2.38.